The highest BCUT2D eigenvalue weighted by Crippen LogP contribution is 2.38. The molecule has 8 heteroatoms. The van der Waals surface area contributed by atoms with Crippen molar-refractivity contribution in [2.75, 3.05) is 38.7 Å². The van der Waals surface area contributed by atoms with Crippen molar-refractivity contribution in [3.05, 3.63) is 29.8 Å². The molecule has 0 bridgehead atoms. The van der Waals surface area contributed by atoms with Crippen LogP contribution >= 0.6 is 24.0 Å². The number of likely N-dealkylation sites (tertiary alicyclic amines) is 1. The predicted molar refractivity (Wildman–Crippen MR) is 123 cm³/mol. The average molecular weight is 501 g/mol. The van der Waals surface area contributed by atoms with Gasteiger partial charge in [-0.3, -0.25) is 4.99 Å². The molecule has 2 aliphatic heterocycles. The van der Waals surface area contributed by atoms with Crippen LogP contribution in [0.5, 0.6) is 0 Å². The summed E-state index contributed by atoms with van der Waals surface area (Å²) in [5.74, 6) is 0.942. The zero-order valence-corrected chi connectivity index (χ0v) is 19.3. The Hall–Kier alpha value is -1.55. The van der Waals surface area contributed by atoms with Crippen molar-refractivity contribution in [3.8, 4) is 0 Å². The molecule has 2 heterocycles. The number of guanidine groups is 1. The van der Waals surface area contributed by atoms with E-state index in [2.05, 4.69) is 25.8 Å². The van der Waals surface area contributed by atoms with E-state index >= 15 is 0 Å². The highest BCUT2D eigenvalue weighted by molar-refractivity contribution is 14.0. The maximum absolute atomic E-state index is 11.8. The van der Waals surface area contributed by atoms with Gasteiger partial charge in [0.1, 0.15) is 0 Å². The molecule has 2 saturated heterocycles. The van der Waals surface area contributed by atoms with Gasteiger partial charge in [0.05, 0.1) is 6.61 Å². The lowest BCUT2D eigenvalue weighted by atomic mass is 9.87. The molecular formula is C20H32IN5O2. The molecule has 2 fully saturated rings. The number of benzene rings is 1. The molecule has 0 aliphatic carbocycles. The lowest BCUT2D eigenvalue weighted by molar-refractivity contribution is 0.156. The van der Waals surface area contributed by atoms with E-state index < -0.39 is 0 Å². The van der Waals surface area contributed by atoms with E-state index in [1.54, 1.807) is 0 Å². The first-order chi connectivity index (χ1) is 13.0. The number of hydrogen-bond acceptors (Lipinski definition) is 3. The van der Waals surface area contributed by atoms with E-state index in [9.17, 15) is 4.79 Å². The molecule has 1 aromatic carbocycles. The third-order valence-electron chi connectivity index (χ3n) is 5.22. The second kappa shape index (κ2) is 10.3. The number of nitrogens with one attached hydrogen (secondary N) is 3. The van der Waals surface area contributed by atoms with Crippen molar-refractivity contribution < 1.29 is 9.53 Å². The van der Waals surface area contributed by atoms with E-state index in [1.165, 1.54) is 6.42 Å². The Morgan fingerprint density at radius 2 is 2.04 bits per heavy atom. The molecule has 0 aromatic heterocycles. The zero-order chi connectivity index (χ0) is 19.3. The molecule has 0 saturated carbocycles. The molecule has 3 rings (SSSR count). The summed E-state index contributed by atoms with van der Waals surface area (Å²) in [6.45, 7) is 8.36. The standard InChI is InChI=1S/C20H31N5O2.HI/c1-15(2)23-19(26)24-17-6-4-16(5-7-17)12-22-18(21-3)25-10-8-20(13-25)9-11-27-14-20;/h4-7,15H,8-14H2,1-3H3,(H,21,22)(H2,23,24,26);1H. The number of ether oxygens (including phenoxy) is 1. The fourth-order valence-corrected chi connectivity index (χ4v) is 3.74. The molecule has 2 aliphatic rings. The topological polar surface area (TPSA) is 78.0 Å². The molecule has 3 N–H and O–H groups in total. The molecule has 1 unspecified atom stereocenters. The first-order valence-electron chi connectivity index (χ1n) is 9.69. The van der Waals surface area contributed by atoms with E-state index in [0.717, 1.165) is 49.9 Å². The fraction of sp³-hybridized carbons (Fsp3) is 0.600. The maximum atomic E-state index is 11.8. The molecule has 1 spiro atoms. The van der Waals surface area contributed by atoms with Crippen LogP contribution < -0.4 is 16.0 Å². The summed E-state index contributed by atoms with van der Waals surface area (Å²) in [6, 6.07) is 7.79. The summed E-state index contributed by atoms with van der Waals surface area (Å²) >= 11 is 0. The van der Waals surface area contributed by atoms with Crippen LogP contribution in [0.3, 0.4) is 0 Å². The molecule has 2 amide bonds. The minimum Gasteiger partial charge on any atom is -0.381 e. The number of rotatable bonds is 4. The van der Waals surface area contributed by atoms with Gasteiger partial charge in [-0.1, -0.05) is 12.1 Å². The van der Waals surface area contributed by atoms with E-state index in [-0.39, 0.29) is 36.0 Å². The number of aliphatic imine (C=N–C) groups is 1. The smallest absolute Gasteiger partial charge is 0.319 e. The Labute approximate surface area is 184 Å². The van der Waals surface area contributed by atoms with Crippen molar-refractivity contribution in [3.63, 3.8) is 0 Å². The van der Waals surface area contributed by atoms with Crippen LogP contribution in [0.2, 0.25) is 0 Å². The van der Waals surface area contributed by atoms with Gasteiger partial charge in [-0.05, 0) is 44.4 Å². The van der Waals surface area contributed by atoms with Gasteiger partial charge < -0.3 is 25.6 Å². The van der Waals surface area contributed by atoms with E-state index in [4.69, 9.17) is 4.74 Å². The monoisotopic (exact) mass is 501 g/mol. The van der Waals surface area contributed by atoms with E-state index in [0.29, 0.717) is 12.0 Å². The van der Waals surface area contributed by atoms with Crippen LogP contribution in [0.25, 0.3) is 0 Å². The highest BCUT2D eigenvalue weighted by atomic mass is 127. The second-order valence-corrected chi connectivity index (χ2v) is 7.82. The van der Waals surface area contributed by atoms with Gasteiger partial charge in [0, 0.05) is 50.4 Å². The van der Waals surface area contributed by atoms with Crippen LogP contribution in [-0.4, -0.2) is 56.3 Å². The lowest BCUT2D eigenvalue weighted by Crippen LogP contribution is -2.41. The largest absolute Gasteiger partial charge is 0.381 e. The van der Waals surface area contributed by atoms with Crippen LogP contribution in [0.1, 0.15) is 32.3 Å². The van der Waals surface area contributed by atoms with Crippen LogP contribution in [0, 0.1) is 5.41 Å². The van der Waals surface area contributed by atoms with Gasteiger partial charge >= 0.3 is 6.03 Å². The van der Waals surface area contributed by atoms with Gasteiger partial charge in [0.25, 0.3) is 0 Å². The van der Waals surface area contributed by atoms with Gasteiger partial charge in [-0.2, -0.15) is 0 Å². The Balaban J connectivity index is 0.00000280. The molecule has 1 atom stereocenters. The number of amides is 2. The molecular weight excluding hydrogens is 469 g/mol. The van der Waals surface area contributed by atoms with Crippen molar-refractivity contribution in [2.45, 2.75) is 39.3 Å². The number of urea groups is 1. The summed E-state index contributed by atoms with van der Waals surface area (Å²) in [7, 11) is 1.83. The third-order valence-corrected chi connectivity index (χ3v) is 5.22. The molecule has 0 radical (unpaired) electrons. The summed E-state index contributed by atoms with van der Waals surface area (Å²) in [5.41, 5.74) is 2.25. The highest BCUT2D eigenvalue weighted by Gasteiger charge is 2.42. The number of nitrogens with zero attached hydrogens (tertiary/aromatic N) is 2. The quantitative estimate of drug-likeness (QED) is 0.337. The fourth-order valence-electron chi connectivity index (χ4n) is 3.74. The van der Waals surface area contributed by atoms with Crippen molar-refractivity contribution in [2.24, 2.45) is 10.4 Å². The second-order valence-electron chi connectivity index (χ2n) is 7.82. The minimum absolute atomic E-state index is 0. The molecule has 28 heavy (non-hydrogen) atoms. The molecule has 7 nitrogen and oxygen atoms in total. The number of carbonyl (C=O) groups is 1. The third kappa shape index (κ3) is 5.97. The van der Waals surface area contributed by atoms with E-state index in [1.807, 2.05) is 45.2 Å². The molecule has 1 aromatic rings. The Kier molecular flexibility index (Phi) is 8.36. The van der Waals surface area contributed by atoms with Gasteiger partial charge in [-0.15, -0.1) is 24.0 Å². The zero-order valence-electron chi connectivity index (χ0n) is 17.0. The van der Waals surface area contributed by atoms with Crippen molar-refractivity contribution >= 4 is 41.7 Å². The van der Waals surface area contributed by atoms with Gasteiger partial charge in [0.2, 0.25) is 0 Å². The Bertz CT molecular complexity index is 672. The lowest BCUT2D eigenvalue weighted by Gasteiger charge is -2.25. The minimum atomic E-state index is -0.185. The molecule has 156 valence electrons. The number of carbonyl (C=O) groups excluding carboxylic acids is 1. The van der Waals surface area contributed by atoms with Crippen molar-refractivity contribution in [1.82, 2.24) is 15.5 Å². The summed E-state index contributed by atoms with van der Waals surface area (Å²) in [4.78, 5) is 18.5. The van der Waals surface area contributed by atoms with Crippen molar-refractivity contribution in [1.29, 1.82) is 0 Å². The number of anilines is 1. The SMILES string of the molecule is CN=C(NCc1ccc(NC(=O)NC(C)C)cc1)N1CCC2(CCOC2)C1.I. The summed E-state index contributed by atoms with van der Waals surface area (Å²) in [6.07, 6.45) is 2.33. The van der Waals surface area contributed by atoms with Gasteiger partial charge in [-0.25, -0.2) is 4.79 Å². The van der Waals surface area contributed by atoms with Crippen LogP contribution in [-0.2, 0) is 11.3 Å². The number of hydrogen-bond donors (Lipinski definition) is 3. The predicted octanol–water partition coefficient (Wildman–Crippen LogP) is 3.02. The summed E-state index contributed by atoms with van der Waals surface area (Å²) in [5, 5.41) is 9.10. The number of halogens is 1. The Morgan fingerprint density at radius 3 is 2.64 bits per heavy atom. The van der Waals surface area contributed by atoms with Gasteiger partial charge in [0.15, 0.2) is 5.96 Å². The Morgan fingerprint density at radius 1 is 1.29 bits per heavy atom. The summed E-state index contributed by atoms with van der Waals surface area (Å²) < 4.78 is 5.61. The first kappa shape index (κ1) is 22.7. The maximum Gasteiger partial charge on any atom is 0.319 e. The first-order valence-corrected chi connectivity index (χ1v) is 9.69. The normalized spacial score (nSPS) is 21.7. The van der Waals surface area contributed by atoms with Crippen LogP contribution in [0.4, 0.5) is 10.5 Å². The average Bonchev–Trinajstić information content (AvgIpc) is 3.26. The van der Waals surface area contributed by atoms with Crippen LogP contribution in [0.15, 0.2) is 29.3 Å².